The van der Waals surface area contributed by atoms with Crippen LogP contribution in [-0.2, 0) is 0 Å². The van der Waals surface area contributed by atoms with Gasteiger partial charge >= 0.3 is 0 Å². The van der Waals surface area contributed by atoms with Crippen molar-refractivity contribution in [2.75, 3.05) is 12.5 Å². The molecule has 0 fully saturated rings. The number of nitrogens with one attached hydrogen (secondary N) is 1. The van der Waals surface area contributed by atoms with Crippen molar-refractivity contribution >= 4 is 23.2 Å². The van der Waals surface area contributed by atoms with Crippen molar-refractivity contribution in [3.63, 3.8) is 0 Å². The SMILES string of the molecule is COc1c(NN)ncnc1Sc1nnc2ccccn12. The summed E-state index contributed by atoms with van der Waals surface area (Å²) in [6, 6.07) is 5.69. The lowest BCUT2D eigenvalue weighted by atomic mass is 10.5. The van der Waals surface area contributed by atoms with Crippen LogP contribution in [0, 0.1) is 0 Å². The van der Waals surface area contributed by atoms with Crippen LogP contribution in [-0.4, -0.2) is 31.7 Å². The zero-order chi connectivity index (χ0) is 13.9. The van der Waals surface area contributed by atoms with Crippen LogP contribution >= 0.6 is 11.8 Å². The zero-order valence-electron chi connectivity index (χ0n) is 10.5. The van der Waals surface area contributed by atoms with Gasteiger partial charge in [0.15, 0.2) is 22.2 Å². The Kier molecular flexibility index (Phi) is 3.35. The maximum Gasteiger partial charge on any atom is 0.202 e. The highest BCUT2D eigenvalue weighted by molar-refractivity contribution is 7.99. The molecular formula is C11H11N7OS. The van der Waals surface area contributed by atoms with E-state index >= 15 is 0 Å². The summed E-state index contributed by atoms with van der Waals surface area (Å²) >= 11 is 1.32. The van der Waals surface area contributed by atoms with Gasteiger partial charge in [0.05, 0.1) is 7.11 Å². The number of anilines is 1. The number of rotatable bonds is 4. The second-order valence-corrected chi connectivity index (χ2v) is 4.67. The average Bonchev–Trinajstić information content (AvgIpc) is 2.90. The fourth-order valence-corrected chi connectivity index (χ4v) is 2.57. The lowest BCUT2D eigenvalue weighted by Crippen LogP contribution is -2.10. The van der Waals surface area contributed by atoms with E-state index in [1.807, 2.05) is 28.8 Å². The van der Waals surface area contributed by atoms with Crippen LogP contribution in [0.5, 0.6) is 5.75 Å². The lowest BCUT2D eigenvalue weighted by Gasteiger charge is -2.09. The first-order valence-electron chi connectivity index (χ1n) is 5.66. The van der Waals surface area contributed by atoms with E-state index in [0.717, 1.165) is 5.65 Å². The molecule has 8 nitrogen and oxygen atoms in total. The Morgan fingerprint density at radius 1 is 1.30 bits per heavy atom. The lowest BCUT2D eigenvalue weighted by molar-refractivity contribution is 0.400. The minimum atomic E-state index is 0.416. The molecule has 0 aliphatic heterocycles. The molecular weight excluding hydrogens is 278 g/mol. The Labute approximate surface area is 118 Å². The van der Waals surface area contributed by atoms with E-state index in [-0.39, 0.29) is 0 Å². The first-order valence-corrected chi connectivity index (χ1v) is 6.48. The van der Waals surface area contributed by atoms with Gasteiger partial charge in [0.2, 0.25) is 5.16 Å². The number of hydrazine groups is 1. The third kappa shape index (κ3) is 2.12. The highest BCUT2D eigenvalue weighted by Crippen LogP contribution is 2.35. The number of ether oxygens (including phenoxy) is 1. The predicted molar refractivity (Wildman–Crippen MR) is 73.5 cm³/mol. The third-order valence-corrected chi connectivity index (χ3v) is 3.53. The van der Waals surface area contributed by atoms with Crippen LogP contribution in [0.1, 0.15) is 0 Å². The van der Waals surface area contributed by atoms with Crippen molar-refractivity contribution in [2.24, 2.45) is 5.84 Å². The van der Waals surface area contributed by atoms with Crippen LogP contribution in [0.3, 0.4) is 0 Å². The molecule has 0 aliphatic rings. The average molecular weight is 289 g/mol. The number of hydrogen-bond donors (Lipinski definition) is 2. The molecule has 0 aromatic carbocycles. The van der Waals surface area contributed by atoms with E-state index in [0.29, 0.717) is 21.7 Å². The Morgan fingerprint density at radius 2 is 2.20 bits per heavy atom. The Balaban J connectivity index is 2.03. The molecule has 3 aromatic rings. The third-order valence-electron chi connectivity index (χ3n) is 2.58. The molecule has 3 heterocycles. The molecule has 0 saturated carbocycles. The molecule has 0 aliphatic carbocycles. The van der Waals surface area contributed by atoms with Gasteiger partial charge in [-0.3, -0.25) is 4.40 Å². The van der Waals surface area contributed by atoms with Gasteiger partial charge in [-0.1, -0.05) is 6.07 Å². The van der Waals surface area contributed by atoms with Crippen molar-refractivity contribution in [2.45, 2.75) is 10.2 Å². The monoisotopic (exact) mass is 289 g/mol. The molecule has 0 unspecified atom stereocenters. The summed E-state index contributed by atoms with van der Waals surface area (Å²) in [5, 5.41) is 9.50. The highest BCUT2D eigenvalue weighted by Gasteiger charge is 2.15. The molecule has 3 N–H and O–H groups in total. The molecule has 0 saturated heterocycles. The van der Waals surface area contributed by atoms with Crippen molar-refractivity contribution in [3.05, 3.63) is 30.7 Å². The molecule has 20 heavy (non-hydrogen) atoms. The van der Waals surface area contributed by atoms with Crippen LogP contribution in [0.25, 0.3) is 5.65 Å². The fourth-order valence-electron chi connectivity index (χ4n) is 1.69. The minimum absolute atomic E-state index is 0.416. The second kappa shape index (κ2) is 5.31. The van der Waals surface area contributed by atoms with Gasteiger partial charge in [0.25, 0.3) is 0 Å². The number of nitrogens with two attached hydrogens (primary N) is 1. The maximum absolute atomic E-state index is 5.40. The van der Waals surface area contributed by atoms with Crippen molar-refractivity contribution in [1.29, 1.82) is 0 Å². The number of hydrogen-bond acceptors (Lipinski definition) is 8. The van der Waals surface area contributed by atoms with E-state index < -0.39 is 0 Å². The van der Waals surface area contributed by atoms with Gasteiger partial charge in [-0.2, -0.15) is 0 Å². The van der Waals surface area contributed by atoms with E-state index in [1.165, 1.54) is 25.2 Å². The van der Waals surface area contributed by atoms with Gasteiger partial charge in [-0.15, -0.1) is 10.2 Å². The molecule has 0 spiro atoms. The first-order chi connectivity index (χ1) is 9.83. The van der Waals surface area contributed by atoms with E-state index in [9.17, 15) is 0 Å². The molecule has 0 atom stereocenters. The molecule has 3 aromatic heterocycles. The molecule has 0 radical (unpaired) electrons. The summed E-state index contributed by atoms with van der Waals surface area (Å²) in [6.07, 6.45) is 3.29. The summed E-state index contributed by atoms with van der Waals surface area (Å²) in [7, 11) is 1.53. The van der Waals surface area contributed by atoms with Gasteiger partial charge in [-0.05, 0) is 23.9 Å². The number of nitrogens with zero attached hydrogens (tertiary/aromatic N) is 5. The Hall–Kier alpha value is -2.39. The summed E-state index contributed by atoms with van der Waals surface area (Å²) < 4.78 is 7.15. The molecule has 3 rings (SSSR count). The summed E-state index contributed by atoms with van der Waals surface area (Å²) in [5.74, 6) is 6.28. The number of aromatic nitrogens is 5. The molecule has 0 amide bonds. The normalized spacial score (nSPS) is 10.7. The molecule has 9 heteroatoms. The van der Waals surface area contributed by atoms with Crippen LogP contribution in [0.4, 0.5) is 5.82 Å². The number of fused-ring (bicyclic) bond motifs is 1. The zero-order valence-corrected chi connectivity index (χ0v) is 11.3. The van der Waals surface area contributed by atoms with E-state index in [4.69, 9.17) is 10.6 Å². The standard InChI is InChI=1S/C11H11N7OS/c1-19-8-9(15-12)13-6-14-10(8)20-11-17-16-7-4-2-3-5-18(7)11/h2-6H,12H2,1H3,(H,13,14,15). The van der Waals surface area contributed by atoms with Gasteiger partial charge in [-0.25, -0.2) is 15.8 Å². The smallest absolute Gasteiger partial charge is 0.202 e. The number of nitrogen functional groups attached to an aromatic ring is 1. The van der Waals surface area contributed by atoms with Crippen LogP contribution in [0.15, 0.2) is 40.9 Å². The van der Waals surface area contributed by atoms with Crippen molar-refractivity contribution in [1.82, 2.24) is 24.6 Å². The van der Waals surface area contributed by atoms with Gasteiger partial charge < -0.3 is 10.2 Å². The quantitative estimate of drug-likeness (QED) is 0.416. The minimum Gasteiger partial charge on any atom is -0.490 e. The topological polar surface area (TPSA) is 103 Å². The van der Waals surface area contributed by atoms with E-state index in [1.54, 1.807) is 0 Å². The van der Waals surface area contributed by atoms with Crippen LogP contribution < -0.4 is 16.0 Å². The molecule has 102 valence electrons. The van der Waals surface area contributed by atoms with E-state index in [2.05, 4.69) is 25.6 Å². The van der Waals surface area contributed by atoms with Gasteiger partial charge in [0, 0.05) is 6.20 Å². The van der Waals surface area contributed by atoms with Crippen molar-refractivity contribution < 1.29 is 4.74 Å². The fraction of sp³-hybridized carbons (Fsp3) is 0.0909. The number of methoxy groups -OCH3 is 1. The highest BCUT2D eigenvalue weighted by atomic mass is 32.2. The summed E-state index contributed by atoms with van der Waals surface area (Å²) in [6.45, 7) is 0. The first kappa shape index (κ1) is 12.6. The Bertz CT molecular complexity index is 744. The van der Waals surface area contributed by atoms with Crippen LogP contribution in [0.2, 0.25) is 0 Å². The van der Waals surface area contributed by atoms with Gasteiger partial charge in [0.1, 0.15) is 6.33 Å². The molecule has 0 bridgehead atoms. The largest absolute Gasteiger partial charge is 0.490 e. The maximum atomic E-state index is 5.40. The Morgan fingerprint density at radius 3 is 3.00 bits per heavy atom. The predicted octanol–water partition coefficient (Wildman–Crippen LogP) is 0.965. The summed E-state index contributed by atoms with van der Waals surface area (Å²) in [4.78, 5) is 8.18. The second-order valence-electron chi connectivity index (χ2n) is 3.72. The summed E-state index contributed by atoms with van der Waals surface area (Å²) in [5.41, 5.74) is 3.24. The van der Waals surface area contributed by atoms with Crippen molar-refractivity contribution in [3.8, 4) is 5.75 Å². The number of pyridine rings is 1.